The summed E-state index contributed by atoms with van der Waals surface area (Å²) in [7, 11) is 1.27. The Kier molecular flexibility index (Phi) is 16.1. The zero-order chi connectivity index (χ0) is 50.1. The molecule has 20 nitrogen and oxygen atoms in total. The molecule has 1 aliphatic carbocycles. The summed E-state index contributed by atoms with van der Waals surface area (Å²) in [5, 5.41) is 25.5. The topological polar surface area (TPSA) is 274 Å². The Morgan fingerprint density at radius 2 is 1.33 bits per heavy atom. The number of nitrogens with zero attached hydrogens (tertiary/aromatic N) is 5. The summed E-state index contributed by atoms with van der Waals surface area (Å²) in [6, 6.07) is 15.5. The summed E-state index contributed by atoms with van der Waals surface area (Å²) in [6.45, 7) is 14.2. The molecule has 4 amide bonds. The molecular weight excluding hydrogens is 899 g/mol. The van der Waals surface area contributed by atoms with Gasteiger partial charge in [0.25, 0.3) is 23.6 Å². The molecule has 8 rings (SSSR count). The van der Waals surface area contributed by atoms with Gasteiger partial charge in [0, 0.05) is 40.9 Å². The Labute approximate surface area is 405 Å². The zero-order valence-corrected chi connectivity index (χ0v) is 40.7. The van der Waals surface area contributed by atoms with Crippen LogP contribution >= 0.6 is 0 Å². The zero-order valence-electron chi connectivity index (χ0n) is 40.7. The molecule has 0 spiro atoms. The lowest BCUT2D eigenvalue weighted by Crippen LogP contribution is -2.49. The van der Waals surface area contributed by atoms with Crippen molar-refractivity contribution in [3.63, 3.8) is 0 Å². The summed E-state index contributed by atoms with van der Waals surface area (Å²) in [4.78, 5) is 75.2. The number of oxazole rings is 2. The number of ether oxygens (including phenoxy) is 2. The first kappa shape index (κ1) is 50.4. The van der Waals surface area contributed by atoms with Gasteiger partial charge >= 0.3 is 5.97 Å². The number of aromatic amines is 2. The number of hydrogen-bond acceptors (Lipinski definition) is 14. The van der Waals surface area contributed by atoms with Crippen molar-refractivity contribution in [2.45, 2.75) is 117 Å². The van der Waals surface area contributed by atoms with E-state index in [1.54, 1.807) is 30.3 Å². The summed E-state index contributed by atoms with van der Waals surface area (Å²) < 4.78 is 21.9. The molecule has 0 bridgehead atoms. The van der Waals surface area contributed by atoms with Crippen molar-refractivity contribution in [1.29, 1.82) is 0 Å². The third kappa shape index (κ3) is 12.6. The number of aromatic nitrogens is 7. The van der Waals surface area contributed by atoms with Crippen molar-refractivity contribution in [3.8, 4) is 45.6 Å². The number of esters is 1. The minimum Gasteiger partial charge on any atom is -0.467 e. The third-order valence-electron chi connectivity index (χ3n) is 12.2. The lowest BCUT2D eigenvalue weighted by molar-refractivity contribution is -0.145. The van der Waals surface area contributed by atoms with Crippen LogP contribution in [0.25, 0.3) is 45.6 Å². The minimum absolute atomic E-state index is 0.0461. The molecule has 2 aromatic carbocycles. The lowest BCUT2D eigenvalue weighted by atomic mass is 9.86. The molecule has 6 aromatic rings. The van der Waals surface area contributed by atoms with E-state index in [4.69, 9.17) is 18.3 Å². The summed E-state index contributed by atoms with van der Waals surface area (Å²) in [5.74, 6) is -0.244. The average molecular weight is 960 g/mol. The Hall–Kier alpha value is -7.48. The van der Waals surface area contributed by atoms with Crippen LogP contribution in [0.3, 0.4) is 0 Å². The maximum Gasteiger partial charge on any atom is 0.328 e. The van der Waals surface area contributed by atoms with Gasteiger partial charge in [-0.15, -0.1) is 0 Å². The van der Waals surface area contributed by atoms with Gasteiger partial charge in [-0.1, -0.05) is 58.9 Å². The quantitative estimate of drug-likeness (QED) is 0.0507. The predicted octanol–water partition coefficient (Wildman–Crippen LogP) is 6.92. The van der Waals surface area contributed by atoms with Gasteiger partial charge in [0.05, 0.1) is 37.3 Å². The van der Waals surface area contributed by atoms with Crippen LogP contribution in [-0.2, 0) is 14.3 Å². The molecule has 5 heterocycles. The predicted molar refractivity (Wildman–Crippen MR) is 257 cm³/mol. The number of carbonyl (C=O) groups is 5. The van der Waals surface area contributed by atoms with E-state index in [1.165, 1.54) is 19.5 Å². The number of nitrogens with one attached hydrogen (secondary N) is 6. The highest BCUT2D eigenvalue weighted by atomic mass is 16.5. The smallest absolute Gasteiger partial charge is 0.328 e. The van der Waals surface area contributed by atoms with Crippen LogP contribution in [0.15, 0.2) is 75.8 Å². The van der Waals surface area contributed by atoms with Crippen LogP contribution in [-0.4, -0.2) is 109 Å². The molecule has 6 N–H and O–H groups in total. The molecule has 0 radical (unpaired) electrons. The molecule has 4 atom stereocenters. The van der Waals surface area contributed by atoms with Crippen molar-refractivity contribution in [1.82, 2.24) is 56.6 Å². The van der Waals surface area contributed by atoms with Crippen molar-refractivity contribution in [2.75, 3.05) is 13.7 Å². The normalized spacial score (nSPS) is 15.8. The summed E-state index contributed by atoms with van der Waals surface area (Å²) in [5.41, 5.74) is 3.16. The van der Waals surface area contributed by atoms with Crippen LogP contribution in [0.5, 0.6) is 0 Å². The molecule has 370 valence electrons. The first-order valence-corrected chi connectivity index (χ1v) is 23.6. The number of hydrogen-bond donors (Lipinski definition) is 6. The van der Waals surface area contributed by atoms with Gasteiger partial charge in [-0.05, 0) is 94.0 Å². The van der Waals surface area contributed by atoms with E-state index in [0.717, 1.165) is 50.7 Å². The molecule has 1 aliphatic heterocycles. The molecule has 4 aromatic heterocycles. The number of rotatable bonds is 17. The van der Waals surface area contributed by atoms with E-state index < -0.39 is 23.3 Å². The van der Waals surface area contributed by atoms with Gasteiger partial charge < -0.3 is 39.6 Å². The van der Waals surface area contributed by atoms with Crippen molar-refractivity contribution < 1.29 is 42.3 Å². The highest BCUT2D eigenvalue weighted by molar-refractivity contribution is 5.95. The second-order valence-electron chi connectivity index (χ2n) is 18.6. The Bertz CT molecular complexity index is 2770. The Morgan fingerprint density at radius 3 is 1.91 bits per heavy atom. The molecular formula is C50H61N11O9. The molecule has 2 aliphatic rings. The van der Waals surface area contributed by atoms with Crippen LogP contribution in [0.2, 0.25) is 0 Å². The summed E-state index contributed by atoms with van der Waals surface area (Å²) >= 11 is 0. The fraction of sp³-hybridized carbons (Fsp3) is 0.440. The van der Waals surface area contributed by atoms with Crippen LogP contribution < -0.4 is 21.3 Å². The molecule has 1 saturated heterocycles. The van der Waals surface area contributed by atoms with E-state index in [0.29, 0.717) is 45.7 Å². The monoisotopic (exact) mass is 959 g/mol. The van der Waals surface area contributed by atoms with Gasteiger partial charge in [0.15, 0.2) is 5.82 Å². The average Bonchev–Trinajstić information content (AvgIpc) is 4.04. The first-order chi connectivity index (χ1) is 33.5. The molecule has 70 heavy (non-hydrogen) atoms. The van der Waals surface area contributed by atoms with Gasteiger partial charge in [-0.2, -0.15) is 10.2 Å². The largest absolute Gasteiger partial charge is 0.467 e. The fourth-order valence-electron chi connectivity index (χ4n) is 7.77. The molecule has 0 unspecified atom stereocenters. The van der Waals surface area contributed by atoms with Crippen LogP contribution in [0, 0.1) is 11.3 Å². The van der Waals surface area contributed by atoms with Crippen molar-refractivity contribution in [2.24, 2.45) is 11.3 Å². The van der Waals surface area contributed by atoms with E-state index in [2.05, 4.69) is 56.6 Å². The number of carbonyl (C=O) groups excluding carboxylic acids is 5. The first-order valence-electron chi connectivity index (χ1n) is 23.6. The highest BCUT2D eigenvalue weighted by Crippen LogP contribution is 2.33. The Balaban J connectivity index is 0.000000207. The van der Waals surface area contributed by atoms with E-state index >= 15 is 0 Å². The van der Waals surface area contributed by atoms with Crippen molar-refractivity contribution in [3.05, 3.63) is 90.0 Å². The van der Waals surface area contributed by atoms with Gasteiger partial charge in [-0.3, -0.25) is 29.4 Å². The van der Waals surface area contributed by atoms with Gasteiger partial charge in [0.1, 0.15) is 11.7 Å². The maximum absolute atomic E-state index is 12.7. The molecule has 2 fully saturated rings. The van der Waals surface area contributed by atoms with E-state index in [1.807, 2.05) is 72.7 Å². The number of H-pyrrole nitrogens is 2. The molecule has 1 saturated carbocycles. The second kappa shape index (κ2) is 22.3. The SMILES string of the molecule is CCC(CC)NC(=O)c1cnc(-c2cccc(-c3cc(C(=O)N[C@@H](C)[C@H]4CCCO4)[nH]n3)c2)o1.COC(=O)[C@@H](NC(=O)c1cnc(-c2cccc(-c3n[nH]c(C(=O)N[C@@H](C)C4CC4)n3)c2)o1)C(C)(C)C. The Morgan fingerprint density at radius 1 is 0.729 bits per heavy atom. The molecule has 20 heteroatoms. The van der Waals surface area contributed by atoms with Gasteiger partial charge in [-0.25, -0.2) is 19.7 Å². The maximum atomic E-state index is 12.7. The van der Waals surface area contributed by atoms with Gasteiger partial charge in [0.2, 0.25) is 29.1 Å². The fourth-order valence-corrected chi connectivity index (χ4v) is 7.77. The second-order valence-corrected chi connectivity index (χ2v) is 18.6. The summed E-state index contributed by atoms with van der Waals surface area (Å²) in [6.07, 6.45) is 8.70. The number of amides is 4. The number of benzene rings is 2. The van der Waals surface area contributed by atoms with Crippen LogP contribution in [0.4, 0.5) is 0 Å². The lowest BCUT2D eigenvalue weighted by Gasteiger charge is -2.28. The van der Waals surface area contributed by atoms with E-state index in [9.17, 15) is 24.0 Å². The third-order valence-corrected chi connectivity index (χ3v) is 12.2. The van der Waals surface area contributed by atoms with E-state index in [-0.39, 0.29) is 65.2 Å². The van der Waals surface area contributed by atoms with Crippen molar-refractivity contribution >= 4 is 29.6 Å². The van der Waals surface area contributed by atoms with Crippen LogP contribution in [0.1, 0.15) is 129 Å². The highest BCUT2D eigenvalue weighted by Gasteiger charge is 2.35. The number of methoxy groups -OCH3 is 1. The standard InChI is InChI=1S/C25H30N6O5.C25H31N5O4/c1-13(14-9-10-14)27-22(33)20-29-19(30-31-20)15-7-6-8-16(11-15)23-26-12-17(36-23)21(32)28-18(24(34)35-5)25(2,3)4;1-4-18(5-2)28-24(32)22-14-26-25(34-22)17-9-6-8-16(12-17)19-13-20(30-29-19)23(31)27-15(3)21-10-7-11-33-21/h6-8,11-14,18H,9-10H2,1-5H3,(H,27,33)(H,28,32)(H,29,30,31);6,8-9,12-15,18,21H,4-5,7,10-11H2,1-3H3,(H,27,31)(H,28,32)(H,29,30)/t13-,18+;15-,21+/m00/s1. The minimum atomic E-state index is -0.865.